The Morgan fingerprint density at radius 1 is 0.943 bits per heavy atom. The molecule has 1 amide bonds. The molecule has 0 saturated heterocycles. The van der Waals surface area contributed by atoms with E-state index in [0.717, 1.165) is 5.75 Å². The molecule has 188 valence electrons. The predicted molar refractivity (Wildman–Crippen MR) is 136 cm³/mol. The Morgan fingerprint density at radius 3 is 2.23 bits per heavy atom. The van der Waals surface area contributed by atoms with Crippen LogP contribution < -0.4 is 24.3 Å². The summed E-state index contributed by atoms with van der Waals surface area (Å²) in [5, 5.41) is 12.3. The summed E-state index contributed by atoms with van der Waals surface area (Å²) < 4.78 is 23.9. The van der Waals surface area contributed by atoms with E-state index in [-0.39, 0.29) is 17.8 Å². The molecular formula is C25H32N4O5S. The van der Waals surface area contributed by atoms with E-state index in [9.17, 15) is 4.79 Å². The van der Waals surface area contributed by atoms with E-state index in [4.69, 9.17) is 18.9 Å². The molecule has 3 rings (SSSR count). The summed E-state index contributed by atoms with van der Waals surface area (Å²) in [4.78, 5) is 12.7. The number of hydrogen-bond acceptors (Lipinski definition) is 8. The SMILES string of the molecule is COc1ccc(OC(C)c2nnc(SCC(=O)Nc3cc(OC)ccc3OC)n2CC(C)C)cc1. The lowest BCUT2D eigenvalue weighted by Gasteiger charge is -2.18. The van der Waals surface area contributed by atoms with Crippen LogP contribution in [0, 0.1) is 5.92 Å². The number of rotatable bonds is 12. The largest absolute Gasteiger partial charge is 0.497 e. The van der Waals surface area contributed by atoms with Gasteiger partial charge in [-0.3, -0.25) is 4.79 Å². The number of methoxy groups -OCH3 is 3. The van der Waals surface area contributed by atoms with Gasteiger partial charge in [-0.05, 0) is 49.2 Å². The second kappa shape index (κ2) is 12.3. The van der Waals surface area contributed by atoms with Crippen molar-refractivity contribution in [1.29, 1.82) is 0 Å². The quantitative estimate of drug-likeness (QED) is 0.353. The van der Waals surface area contributed by atoms with Gasteiger partial charge in [-0.25, -0.2) is 0 Å². The third kappa shape index (κ3) is 7.05. The highest BCUT2D eigenvalue weighted by atomic mass is 32.2. The molecule has 1 aromatic heterocycles. The van der Waals surface area contributed by atoms with Crippen molar-refractivity contribution in [3.05, 3.63) is 48.3 Å². The number of amides is 1. The molecule has 0 aliphatic rings. The molecule has 0 bridgehead atoms. The number of nitrogens with zero attached hydrogens (tertiary/aromatic N) is 3. The Bertz CT molecular complexity index is 1120. The zero-order valence-electron chi connectivity index (χ0n) is 20.9. The van der Waals surface area contributed by atoms with Gasteiger partial charge in [0, 0.05) is 12.6 Å². The Kier molecular flexibility index (Phi) is 9.25. The molecule has 1 heterocycles. The maximum atomic E-state index is 12.7. The fraction of sp³-hybridized carbons (Fsp3) is 0.400. The molecule has 1 atom stereocenters. The van der Waals surface area contributed by atoms with Crippen LogP contribution in [0.25, 0.3) is 0 Å². The van der Waals surface area contributed by atoms with Crippen molar-refractivity contribution in [2.45, 2.75) is 38.6 Å². The maximum Gasteiger partial charge on any atom is 0.234 e. The molecule has 35 heavy (non-hydrogen) atoms. The number of thioether (sulfide) groups is 1. The number of benzene rings is 2. The van der Waals surface area contributed by atoms with Crippen molar-refractivity contribution in [2.24, 2.45) is 5.92 Å². The summed E-state index contributed by atoms with van der Waals surface area (Å²) in [5.74, 6) is 3.67. The second-order valence-electron chi connectivity index (χ2n) is 8.18. The third-order valence-electron chi connectivity index (χ3n) is 5.04. The number of ether oxygens (including phenoxy) is 4. The van der Waals surface area contributed by atoms with Gasteiger partial charge >= 0.3 is 0 Å². The number of carbonyl (C=O) groups excluding carboxylic acids is 1. The van der Waals surface area contributed by atoms with Crippen LogP contribution in [0.3, 0.4) is 0 Å². The highest BCUT2D eigenvalue weighted by molar-refractivity contribution is 7.99. The fourth-order valence-electron chi connectivity index (χ4n) is 3.38. The van der Waals surface area contributed by atoms with Gasteiger partial charge in [-0.15, -0.1) is 10.2 Å². The van der Waals surface area contributed by atoms with Crippen molar-refractivity contribution < 1.29 is 23.7 Å². The van der Waals surface area contributed by atoms with E-state index in [2.05, 4.69) is 29.4 Å². The predicted octanol–water partition coefficient (Wildman–Crippen LogP) is 4.83. The minimum Gasteiger partial charge on any atom is -0.497 e. The Balaban J connectivity index is 1.70. The van der Waals surface area contributed by atoms with Gasteiger partial charge in [0.1, 0.15) is 23.0 Å². The van der Waals surface area contributed by atoms with Crippen LogP contribution in [-0.2, 0) is 11.3 Å². The number of nitrogens with one attached hydrogen (secondary N) is 1. The summed E-state index contributed by atoms with van der Waals surface area (Å²) in [6.45, 7) is 6.87. The normalized spacial score (nSPS) is 11.7. The molecular weight excluding hydrogens is 468 g/mol. The zero-order valence-corrected chi connectivity index (χ0v) is 21.7. The van der Waals surface area contributed by atoms with Crippen molar-refractivity contribution in [2.75, 3.05) is 32.4 Å². The Morgan fingerprint density at radius 2 is 1.60 bits per heavy atom. The molecule has 10 heteroatoms. The third-order valence-corrected chi connectivity index (χ3v) is 6.01. The lowest BCUT2D eigenvalue weighted by Crippen LogP contribution is -2.17. The standard InChI is InChI=1S/C25H32N4O5S/c1-16(2)14-29-24(17(3)34-19-9-7-18(31-4)8-10-19)27-28-25(29)35-15-23(30)26-21-13-20(32-5)11-12-22(21)33-6/h7-13,16-17H,14-15H2,1-6H3,(H,26,30). The van der Waals surface area contributed by atoms with E-state index in [1.807, 2.05) is 35.8 Å². The molecule has 0 aliphatic carbocycles. The first-order valence-corrected chi connectivity index (χ1v) is 12.2. The van der Waals surface area contributed by atoms with Crippen molar-refractivity contribution in [1.82, 2.24) is 14.8 Å². The number of aromatic nitrogens is 3. The lowest BCUT2D eigenvalue weighted by atomic mass is 10.2. The summed E-state index contributed by atoms with van der Waals surface area (Å²) in [5.41, 5.74) is 0.545. The summed E-state index contributed by atoms with van der Waals surface area (Å²) in [7, 11) is 4.75. The topological polar surface area (TPSA) is 96.7 Å². The highest BCUT2D eigenvalue weighted by Crippen LogP contribution is 2.30. The van der Waals surface area contributed by atoms with Gasteiger partial charge in [0.15, 0.2) is 17.1 Å². The Labute approximate surface area is 210 Å². The first-order chi connectivity index (χ1) is 16.8. The lowest BCUT2D eigenvalue weighted by molar-refractivity contribution is -0.113. The second-order valence-corrected chi connectivity index (χ2v) is 9.13. The molecule has 0 fully saturated rings. The molecule has 0 aliphatic heterocycles. The van der Waals surface area contributed by atoms with Gasteiger partial charge < -0.3 is 28.8 Å². The van der Waals surface area contributed by atoms with Crippen LogP contribution in [-0.4, -0.2) is 47.8 Å². The molecule has 1 N–H and O–H groups in total. The molecule has 0 radical (unpaired) electrons. The Hall–Kier alpha value is -3.40. The van der Waals surface area contributed by atoms with Gasteiger partial charge in [0.25, 0.3) is 0 Å². The smallest absolute Gasteiger partial charge is 0.234 e. The van der Waals surface area contributed by atoms with Gasteiger partial charge in [0.2, 0.25) is 5.91 Å². The van der Waals surface area contributed by atoms with Crippen LogP contribution in [0.15, 0.2) is 47.6 Å². The van der Waals surface area contributed by atoms with Crippen molar-refractivity contribution in [3.8, 4) is 23.0 Å². The summed E-state index contributed by atoms with van der Waals surface area (Å²) in [6.07, 6.45) is -0.334. The van der Waals surface area contributed by atoms with Crippen LogP contribution in [0.5, 0.6) is 23.0 Å². The van der Waals surface area contributed by atoms with E-state index in [0.29, 0.717) is 46.4 Å². The number of hydrogen-bond donors (Lipinski definition) is 1. The average molecular weight is 501 g/mol. The molecule has 9 nitrogen and oxygen atoms in total. The van der Waals surface area contributed by atoms with Gasteiger partial charge in [0.05, 0.1) is 32.8 Å². The highest BCUT2D eigenvalue weighted by Gasteiger charge is 2.21. The minimum absolute atomic E-state index is 0.157. The molecule has 0 spiro atoms. The van der Waals surface area contributed by atoms with Crippen molar-refractivity contribution in [3.63, 3.8) is 0 Å². The van der Waals surface area contributed by atoms with Crippen LogP contribution in [0.2, 0.25) is 0 Å². The average Bonchev–Trinajstić information content (AvgIpc) is 3.24. The maximum absolute atomic E-state index is 12.7. The fourth-order valence-corrected chi connectivity index (χ4v) is 4.14. The van der Waals surface area contributed by atoms with Crippen LogP contribution in [0.1, 0.15) is 32.7 Å². The molecule has 3 aromatic rings. The minimum atomic E-state index is -0.334. The molecule has 0 saturated carbocycles. The van der Waals surface area contributed by atoms with Crippen LogP contribution in [0.4, 0.5) is 5.69 Å². The van der Waals surface area contributed by atoms with E-state index < -0.39 is 0 Å². The van der Waals surface area contributed by atoms with E-state index in [1.165, 1.54) is 11.8 Å². The summed E-state index contributed by atoms with van der Waals surface area (Å²) >= 11 is 1.32. The van der Waals surface area contributed by atoms with Crippen LogP contribution >= 0.6 is 11.8 Å². The van der Waals surface area contributed by atoms with Gasteiger partial charge in [-0.2, -0.15) is 0 Å². The van der Waals surface area contributed by atoms with Crippen molar-refractivity contribution >= 4 is 23.4 Å². The monoisotopic (exact) mass is 500 g/mol. The first kappa shape index (κ1) is 26.2. The number of carbonyl (C=O) groups is 1. The van der Waals surface area contributed by atoms with E-state index in [1.54, 1.807) is 39.5 Å². The van der Waals surface area contributed by atoms with Gasteiger partial charge in [-0.1, -0.05) is 25.6 Å². The number of anilines is 1. The molecule has 1 unspecified atom stereocenters. The van der Waals surface area contributed by atoms with E-state index >= 15 is 0 Å². The molecule has 2 aromatic carbocycles. The first-order valence-electron chi connectivity index (χ1n) is 11.2. The summed E-state index contributed by atoms with van der Waals surface area (Å²) in [6, 6.07) is 12.6. The zero-order chi connectivity index (χ0) is 25.4.